The van der Waals surface area contributed by atoms with Crippen LogP contribution < -0.4 is 0 Å². The van der Waals surface area contributed by atoms with Crippen molar-refractivity contribution in [1.82, 2.24) is 0 Å². The molecular formula is C36H58O11. The normalized spacial score (nSPS) is 55.4. The summed E-state index contributed by atoms with van der Waals surface area (Å²) in [5.74, 6) is -1.03. The molecule has 11 heteroatoms. The molecule has 0 spiro atoms. The Hall–Kier alpha value is -1.15. The molecule has 6 rings (SSSR count). The van der Waals surface area contributed by atoms with Gasteiger partial charge < -0.3 is 50.3 Å². The molecule has 0 aromatic rings. The van der Waals surface area contributed by atoms with Gasteiger partial charge in [-0.3, -0.25) is 4.79 Å². The predicted octanol–water partition coefficient (Wildman–Crippen LogP) is 1.41. The van der Waals surface area contributed by atoms with Gasteiger partial charge in [-0.25, -0.2) is 0 Å². The van der Waals surface area contributed by atoms with E-state index in [4.69, 9.17) is 9.47 Å². The molecule has 268 valence electrons. The highest BCUT2D eigenvalue weighted by Crippen LogP contribution is 2.75. The number of rotatable bonds is 4. The summed E-state index contributed by atoms with van der Waals surface area (Å²) in [5.41, 5.74) is -2.47. The second-order valence-electron chi connectivity index (χ2n) is 17.9. The fraction of sp³-hybridized carbons (Fsp3) is 0.917. The van der Waals surface area contributed by atoms with Crippen LogP contribution in [-0.4, -0.2) is 109 Å². The molecule has 1 heterocycles. The fourth-order valence-electron chi connectivity index (χ4n) is 12.1. The number of ether oxygens (including phenoxy) is 2. The van der Waals surface area contributed by atoms with Crippen molar-refractivity contribution in [2.45, 2.75) is 142 Å². The summed E-state index contributed by atoms with van der Waals surface area (Å²) in [6, 6.07) is 0. The first kappa shape index (κ1) is 35.7. The summed E-state index contributed by atoms with van der Waals surface area (Å²) in [5, 5.41) is 86.0. The van der Waals surface area contributed by atoms with Crippen molar-refractivity contribution >= 4 is 5.97 Å². The largest absolute Gasteiger partial charge is 0.432 e. The maximum Gasteiger partial charge on any atom is 0.315 e. The summed E-state index contributed by atoms with van der Waals surface area (Å²) in [6.45, 7) is 11.8. The average Bonchev–Trinajstić information content (AvgIpc) is 3.01. The van der Waals surface area contributed by atoms with Gasteiger partial charge in [0.05, 0.1) is 36.9 Å². The second kappa shape index (κ2) is 11.4. The van der Waals surface area contributed by atoms with Crippen LogP contribution in [0.5, 0.6) is 0 Å². The van der Waals surface area contributed by atoms with E-state index in [1.807, 2.05) is 6.92 Å². The number of hydrogen-bond acceptors (Lipinski definition) is 11. The molecule has 5 aliphatic carbocycles. The quantitative estimate of drug-likeness (QED) is 0.160. The molecule has 1 saturated heterocycles. The van der Waals surface area contributed by atoms with Gasteiger partial charge in [-0.1, -0.05) is 53.2 Å². The molecule has 0 aromatic heterocycles. The Morgan fingerprint density at radius 3 is 2.17 bits per heavy atom. The van der Waals surface area contributed by atoms with Crippen LogP contribution in [0.15, 0.2) is 11.6 Å². The third-order valence-electron chi connectivity index (χ3n) is 15.3. The Balaban J connectivity index is 1.39. The van der Waals surface area contributed by atoms with Gasteiger partial charge in [0.2, 0.25) is 6.29 Å². The molecule has 0 amide bonds. The summed E-state index contributed by atoms with van der Waals surface area (Å²) >= 11 is 0. The molecule has 5 fully saturated rings. The van der Waals surface area contributed by atoms with Crippen molar-refractivity contribution in [3.05, 3.63) is 11.6 Å². The van der Waals surface area contributed by atoms with E-state index in [1.165, 1.54) is 0 Å². The maximum atomic E-state index is 14.4. The fourth-order valence-corrected chi connectivity index (χ4v) is 12.1. The standard InChI is InChI=1S/C36H58O11/c1-31(2)9-11-36(30(45)47-29-27(43)26(42)25(41)21(16-37)46-29)12-10-34(5)18(19(36)14-31)7-8-22-32(3)15-20(39)28(44)33(4,17-38)23(32)13-24(40)35(22,34)6/h7,19-29,37-44H,8-17H2,1-6H3/t19-,20+,21+,22+,23+,24+,25+,26-,27+,28-,29-,32+,33-,34+,35-,36-/m0/s1. The zero-order valence-corrected chi connectivity index (χ0v) is 28.8. The number of carbonyl (C=O) groups excluding carboxylic acids is 1. The molecule has 0 radical (unpaired) electrons. The van der Waals surface area contributed by atoms with Gasteiger partial charge in [0.25, 0.3) is 0 Å². The van der Waals surface area contributed by atoms with Crippen molar-refractivity contribution in [3.8, 4) is 0 Å². The van der Waals surface area contributed by atoms with E-state index >= 15 is 0 Å². The van der Waals surface area contributed by atoms with Gasteiger partial charge in [0.1, 0.15) is 24.4 Å². The molecule has 16 atom stereocenters. The van der Waals surface area contributed by atoms with E-state index < -0.39 is 88.7 Å². The Morgan fingerprint density at radius 2 is 1.53 bits per heavy atom. The van der Waals surface area contributed by atoms with Crippen molar-refractivity contribution in [2.75, 3.05) is 13.2 Å². The minimum Gasteiger partial charge on any atom is -0.432 e. The average molecular weight is 667 g/mol. The Morgan fingerprint density at radius 1 is 0.872 bits per heavy atom. The Bertz CT molecular complexity index is 1270. The monoisotopic (exact) mass is 666 g/mol. The lowest BCUT2D eigenvalue weighted by Gasteiger charge is -2.72. The topological polar surface area (TPSA) is 197 Å². The number of allylic oxidation sites excluding steroid dienone is 2. The summed E-state index contributed by atoms with van der Waals surface area (Å²) < 4.78 is 11.5. The van der Waals surface area contributed by atoms with Gasteiger partial charge in [0.15, 0.2) is 0 Å². The number of esters is 1. The second-order valence-corrected chi connectivity index (χ2v) is 17.9. The molecule has 4 saturated carbocycles. The number of hydrogen-bond donors (Lipinski definition) is 8. The van der Waals surface area contributed by atoms with Gasteiger partial charge in [-0.15, -0.1) is 0 Å². The predicted molar refractivity (Wildman–Crippen MR) is 169 cm³/mol. The third kappa shape index (κ3) is 4.74. The molecule has 1 aliphatic heterocycles. The van der Waals surface area contributed by atoms with Crippen LogP contribution in [0.3, 0.4) is 0 Å². The highest BCUT2D eigenvalue weighted by atomic mass is 16.7. The van der Waals surface area contributed by atoms with Gasteiger partial charge >= 0.3 is 5.97 Å². The van der Waals surface area contributed by atoms with E-state index in [-0.39, 0.29) is 29.8 Å². The van der Waals surface area contributed by atoms with Crippen LogP contribution in [-0.2, 0) is 14.3 Å². The first-order valence-corrected chi connectivity index (χ1v) is 17.6. The lowest BCUT2D eigenvalue weighted by Crippen LogP contribution is -2.71. The molecule has 0 unspecified atom stereocenters. The lowest BCUT2D eigenvalue weighted by atomic mass is 9.32. The smallest absolute Gasteiger partial charge is 0.315 e. The first-order chi connectivity index (χ1) is 21.8. The SMILES string of the molecule is CC1(C)CC[C@]2(C(=O)O[C@@H]3O[C@H](CO)[C@@H](O)[C@H](O)[C@H]3O)CC[C@]3(C)C(=CC[C@@H]4[C@@]5(C)C[C@@H](O)[C@H](O)[C@@](C)(CO)[C@@H]5C[C@@H](O)[C@]43C)[C@@H]2C1. The van der Waals surface area contributed by atoms with E-state index in [2.05, 4.69) is 40.7 Å². The molecule has 47 heavy (non-hydrogen) atoms. The maximum absolute atomic E-state index is 14.4. The Labute approximate surface area is 278 Å². The highest BCUT2D eigenvalue weighted by molar-refractivity contribution is 5.79. The minimum absolute atomic E-state index is 0.0595. The Kier molecular flexibility index (Phi) is 8.68. The van der Waals surface area contributed by atoms with Crippen molar-refractivity contribution in [3.63, 3.8) is 0 Å². The van der Waals surface area contributed by atoms with Crippen LogP contribution in [0, 0.1) is 50.2 Å². The summed E-state index contributed by atoms with van der Waals surface area (Å²) in [4.78, 5) is 14.4. The zero-order chi connectivity index (χ0) is 34.7. The highest BCUT2D eigenvalue weighted by Gasteiger charge is 2.73. The van der Waals surface area contributed by atoms with Crippen LogP contribution in [0.1, 0.15) is 92.9 Å². The van der Waals surface area contributed by atoms with Crippen LogP contribution in [0.4, 0.5) is 0 Å². The van der Waals surface area contributed by atoms with E-state index in [0.717, 1.165) is 12.0 Å². The third-order valence-corrected chi connectivity index (χ3v) is 15.3. The summed E-state index contributed by atoms with van der Waals surface area (Å²) in [7, 11) is 0. The van der Waals surface area contributed by atoms with E-state index in [1.54, 1.807) is 0 Å². The van der Waals surface area contributed by atoms with E-state index in [0.29, 0.717) is 44.9 Å². The molecule has 0 aromatic carbocycles. The minimum atomic E-state index is -1.69. The van der Waals surface area contributed by atoms with Gasteiger partial charge in [-0.2, -0.15) is 0 Å². The van der Waals surface area contributed by atoms with Crippen LogP contribution in [0.2, 0.25) is 0 Å². The number of carbonyl (C=O) groups is 1. The van der Waals surface area contributed by atoms with Gasteiger partial charge in [0, 0.05) is 10.8 Å². The zero-order valence-electron chi connectivity index (χ0n) is 28.8. The first-order valence-electron chi connectivity index (χ1n) is 17.6. The van der Waals surface area contributed by atoms with Crippen LogP contribution >= 0.6 is 0 Å². The van der Waals surface area contributed by atoms with E-state index in [9.17, 15) is 45.6 Å². The number of fused-ring (bicyclic) bond motifs is 7. The summed E-state index contributed by atoms with van der Waals surface area (Å²) in [6.07, 6.45) is -3.76. The molecule has 11 nitrogen and oxygen atoms in total. The van der Waals surface area contributed by atoms with Crippen molar-refractivity contribution in [1.29, 1.82) is 0 Å². The van der Waals surface area contributed by atoms with Crippen molar-refractivity contribution in [2.24, 2.45) is 50.2 Å². The lowest BCUT2D eigenvalue weighted by molar-refractivity contribution is -0.298. The molecule has 0 bridgehead atoms. The number of aliphatic hydroxyl groups is 8. The van der Waals surface area contributed by atoms with Crippen molar-refractivity contribution < 1.29 is 55.1 Å². The molecular weight excluding hydrogens is 608 g/mol. The molecule has 6 aliphatic rings. The molecule has 8 N–H and O–H groups in total. The van der Waals surface area contributed by atoms with Gasteiger partial charge in [-0.05, 0) is 85.4 Å². The number of aliphatic hydroxyl groups excluding tert-OH is 8. The van der Waals surface area contributed by atoms with Crippen LogP contribution in [0.25, 0.3) is 0 Å².